The van der Waals surface area contributed by atoms with E-state index in [0.29, 0.717) is 22.9 Å². The number of nitrogens with one attached hydrogen (secondary N) is 1. The summed E-state index contributed by atoms with van der Waals surface area (Å²) in [6.45, 7) is 1.57. The average Bonchev–Trinajstić information content (AvgIpc) is 3.24. The van der Waals surface area contributed by atoms with Crippen molar-refractivity contribution in [2.24, 2.45) is 7.05 Å². The maximum Gasteiger partial charge on any atom is 0.422 e. The minimum absolute atomic E-state index is 0.0949. The lowest BCUT2D eigenvalue weighted by Crippen LogP contribution is -2.30. The number of hydrogen-bond donors (Lipinski definition) is 1. The fourth-order valence-corrected chi connectivity index (χ4v) is 4.34. The van der Waals surface area contributed by atoms with Crippen LogP contribution in [0, 0.1) is 18.6 Å². The molecule has 1 N–H and O–H groups in total. The molecule has 10 nitrogen and oxygen atoms in total. The first-order valence-corrected chi connectivity index (χ1v) is 11.9. The molecule has 0 bridgehead atoms. The van der Waals surface area contributed by atoms with Crippen molar-refractivity contribution < 1.29 is 26.7 Å². The van der Waals surface area contributed by atoms with Crippen LogP contribution >= 0.6 is 0 Å². The number of carbonyl (C=O) groups is 1. The summed E-state index contributed by atoms with van der Waals surface area (Å²) in [6.07, 6.45) is 3.89. The van der Waals surface area contributed by atoms with Crippen LogP contribution in [-0.4, -0.2) is 41.3 Å². The number of ether oxygens (including phenoxy) is 1. The van der Waals surface area contributed by atoms with Gasteiger partial charge >= 0.3 is 6.09 Å². The van der Waals surface area contributed by atoms with E-state index in [1.54, 1.807) is 32.3 Å². The Morgan fingerprint density at radius 1 is 1.08 bits per heavy atom. The standard InChI is InChI=1S/C23H20F2N6O4S/c1-14-19(29-36(33,34)20-5-4-17(24)12-18(20)25)10-16(13-27-14)15-6-8-26-21(11-15)31(3)23(32)35-22-7-9-30(2)28-22/h4-13,29H,1-3H3. The van der Waals surface area contributed by atoms with Gasteiger partial charge in [0.25, 0.3) is 10.0 Å². The fraction of sp³-hybridized carbons (Fsp3) is 0.130. The van der Waals surface area contributed by atoms with Gasteiger partial charge in [-0.15, -0.1) is 5.10 Å². The van der Waals surface area contributed by atoms with Gasteiger partial charge in [-0.25, -0.2) is 27.0 Å². The van der Waals surface area contributed by atoms with E-state index in [1.165, 1.54) is 41.2 Å². The second-order valence-corrected chi connectivity index (χ2v) is 9.35. The van der Waals surface area contributed by atoms with Gasteiger partial charge in [-0.1, -0.05) is 0 Å². The monoisotopic (exact) mass is 514 g/mol. The molecular formula is C23H20F2N6O4S. The van der Waals surface area contributed by atoms with Gasteiger partial charge in [0.15, 0.2) is 0 Å². The Kier molecular flexibility index (Phi) is 6.66. The number of hydrogen-bond acceptors (Lipinski definition) is 7. The van der Waals surface area contributed by atoms with E-state index < -0.39 is 32.6 Å². The smallest absolute Gasteiger partial charge is 0.389 e. The second-order valence-electron chi connectivity index (χ2n) is 7.69. The Balaban J connectivity index is 1.59. The zero-order valence-electron chi connectivity index (χ0n) is 19.3. The lowest BCUT2D eigenvalue weighted by Gasteiger charge is -2.16. The van der Waals surface area contributed by atoms with Crippen molar-refractivity contribution in [2.45, 2.75) is 11.8 Å². The molecule has 1 amide bonds. The number of pyridine rings is 2. The van der Waals surface area contributed by atoms with E-state index in [0.717, 1.165) is 12.1 Å². The minimum atomic E-state index is -4.36. The summed E-state index contributed by atoms with van der Waals surface area (Å²) >= 11 is 0. The highest BCUT2D eigenvalue weighted by molar-refractivity contribution is 7.92. The van der Waals surface area contributed by atoms with Crippen molar-refractivity contribution in [1.82, 2.24) is 19.7 Å². The molecule has 0 atom stereocenters. The molecule has 13 heteroatoms. The number of carbonyl (C=O) groups excluding carboxylic acids is 1. The van der Waals surface area contributed by atoms with Crippen LogP contribution in [0.15, 0.2) is 66.0 Å². The summed E-state index contributed by atoms with van der Waals surface area (Å²) in [6, 6.07) is 8.46. The highest BCUT2D eigenvalue weighted by Gasteiger charge is 2.21. The van der Waals surface area contributed by atoms with Crippen LogP contribution in [-0.2, 0) is 17.1 Å². The molecule has 186 valence electrons. The third-order valence-corrected chi connectivity index (χ3v) is 6.49. The van der Waals surface area contributed by atoms with Crippen LogP contribution in [0.3, 0.4) is 0 Å². The van der Waals surface area contributed by atoms with Gasteiger partial charge in [0, 0.05) is 50.4 Å². The summed E-state index contributed by atoms with van der Waals surface area (Å²) in [7, 11) is -1.20. The van der Waals surface area contributed by atoms with E-state index in [9.17, 15) is 22.0 Å². The third-order valence-electron chi connectivity index (χ3n) is 5.09. The number of rotatable bonds is 6. The number of aryl methyl sites for hydroxylation is 2. The molecule has 0 aliphatic rings. The van der Waals surface area contributed by atoms with Crippen LogP contribution in [0.4, 0.5) is 25.1 Å². The summed E-state index contributed by atoms with van der Waals surface area (Å²) < 4.78 is 61.8. The van der Waals surface area contributed by atoms with Crippen molar-refractivity contribution in [3.05, 3.63) is 78.4 Å². The van der Waals surface area contributed by atoms with E-state index >= 15 is 0 Å². The van der Waals surface area contributed by atoms with Gasteiger partial charge in [-0.05, 0) is 42.8 Å². The van der Waals surface area contributed by atoms with Gasteiger partial charge in [-0.3, -0.25) is 19.3 Å². The summed E-state index contributed by atoms with van der Waals surface area (Å²) in [5.74, 6) is -1.73. The Hall–Kier alpha value is -4.39. The van der Waals surface area contributed by atoms with Crippen molar-refractivity contribution in [3.8, 4) is 17.0 Å². The van der Waals surface area contributed by atoms with Crippen molar-refractivity contribution in [3.63, 3.8) is 0 Å². The summed E-state index contributed by atoms with van der Waals surface area (Å²) in [5, 5.41) is 3.99. The fourth-order valence-electron chi connectivity index (χ4n) is 3.17. The zero-order valence-corrected chi connectivity index (χ0v) is 20.1. The Bertz CT molecular complexity index is 1560. The number of halogens is 2. The molecule has 36 heavy (non-hydrogen) atoms. The molecule has 0 radical (unpaired) electrons. The Morgan fingerprint density at radius 2 is 1.86 bits per heavy atom. The van der Waals surface area contributed by atoms with E-state index in [4.69, 9.17) is 4.74 Å². The summed E-state index contributed by atoms with van der Waals surface area (Å²) in [4.78, 5) is 21.4. The third kappa shape index (κ3) is 5.30. The zero-order chi connectivity index (χ0) is 26.0. The molecule has 0 saturated carbocycles. The molecule has 3 aromatic heterocycles. The van der Waals surface area contributed by atoms with Crippen LogP contribution < -0.4 is 14.4 Å². The molecule has 0 aliphatic heterocycles. The van der Waals surface area contributed by atoms with Crippen molar-refractivity contribution in [2.75, 3.05) is 16.7 Å². The average molecular weight is 515 g/mol. The Labute approximate surface area is 205 Å². The van der Waals surface area contributed by atoms with Gasteiger partial charge in [0.2, 0.25) is 5.88 Å². The lowest BCUT2D eigenvalue weighted by molar-refractivity contribution is 0.206. The Morgan fingerprint density at radius 3 is 2.56 bits per heavy atom. The van der Waals surface area contributed by atoms with Gasteiger partial charge in [-0.2, -0.15) is 0 Å². The van der Waals surface area contributed by atoms with Gasteiger partial charge < -0.3 is 4.74 Å². The van der Waals surface area contributed by atoms with Crippen LogP contribution in [0.5, 0.6) is 5.88 Å². The first-order chi connectivity index (χ1) is 17.0. The molecule has 0 spiro atoms. The number of benzene rings is 1. The van der Waals surface area contributed by atoms with E-state index in [-0.39, 0.29) is 17.4 Å². The molecule has 0 saturated heterocycles. The molecule has 0 aliphatic carbocycles. The highest BCUT2D eigenvalue weighted by Crippen LogP contribution is 2.28. The van der Waals surface area contributed by atoms with Crippen LogP contribution in [0.25, 0.3) is 11.1 Å². The lowest BCUT2D eigenvalue weighted by atomic mass is 10.1. The number of nitrogens with zero attached hydrogens (tertiary/aromatic N) is 5. The highest BCUT2D eigenvalue weighted by atomic mass is 32.2. The molecular weight excluding hydrogens is 494 g/mol. The molecule has 0 unspecified atom stereocenters. The van der Waals surface area contributed by atoms with E-state index in [2.05, 4.69) is 19.8 Å². The molecule has 4 aromatic rings. The quantitative estimate of drug-likeness (QED) is 0.414. The number of anilines is 2. The predicted molar refractivity (Wildman–Crippen MR) is 127 cm³/mol. The van der Waals surface area contributed by atoms with Crippen molar-refractivity contribution in [1.29, 1.82) is 0 Å². The predicted octanol–water partition coefficient (Wildman–Crippen LogP) is 3.90. The number of amides is 1. The molecule has 3 heterocycles. The first-order valence-electron chi connectivity index (χ1n) is 10.4. The number of sulfonamides is 1. The minimum Gasteiger partial charge on any atom is -0.389 e. The first kappa shape index (κ1) is 24.7. The van der Waals surface area contributed by atoms with Crippen LogP contribution in [0.2, 0.25) is 0 Å². The van der Waals surface area contributed by atoms with E-state index in [1.807, 2.05) is 0 Å². The normalized spacial score (nSPS) is 11.2. The number of aromatic nitrogens is 4. The molecule has 1 aromatic carbocycles. The van der Waals surface area contributed by atoms with Gasteiger partial charge in [0.05, 0.1) is 11.4 Å². The van der Waals surface area contributed by atoms with Crippen molar-refractivity contribution >= 4 is 27.6 Å². The SMILES string of the molecule is Cc1ncc(-c2ccnc(N(C)C(=O)Oc3ccn(C)n3)c2)cc1NS(=O)(=O)c1ccc(F)cc1F. The van der Waals surface area contributed by atoms with Crippen LogP contribution in [0.1, 0.15) is 5.69 Å². The maximum atomic E-state index is 14.1. The molecule has 4 rings (SSSR count). The topological polar surface area (TPSA) is 119 Å². The maximum absolute atomic E-state index is 14.1. The summed E-state index contributed by atoms with van der Waals surface area (Å²) in [5.41, 5.74) is 1.49. The second kappa shape index (κ2) is 9.70. The largest absolute Gasteiger partial charge is 0.422 e. The van der Waals surface area contributed by atoms with Gasteiger partial charge in [0.1, 0.15) is 22.3 Å². The molecule has 0 fully saturated rings.